The molecule has 36 heavy (non-hydrogen) atoms. The number of benzene rings is 2. The van der Waals surface area contributed by atoms with Gasteiger partial charge in [0.15, 0.2) is 5.82 Å². The van der Waals surface area contributed by atoms with Gasteiger partial charge in [0, 0.05) is 38.1 Å². The first-order valence-corrected chi connectivity index (χ1v) is 13.0. The minimum absolute atomic E-state index is 0.445. The second kappa shape index (κ2) is 12.9. The number of pyridine rings is 1. The maximum absolute atomic E-state index is 6.33. The molecule has 2 aromatic carbocycles. The van der Waals surface area contributed by atoms with E-state index in [1.807, 2.05) is 19.1 Å². The van der Waals surface area contributed by atoms with Gasteiger partial charge >= 0.3 is 0 Å². The van der Waals surface area contributed by atoms with Gasteiger partial charge in [-0.05, 0) is 49.4 Å². The minimum Gasteiger partial charge on any atom is -0.382 e. The first-order valence-electron chi connectivity index (χ1n) is 13.0. The summed E-state index contributed by atoms with van der Waals surface area (Å²) in [7, 11) is 4.13. The fraction of sp³-hybridized carbons (Fsp3) is 0.355. The number of nitrogens with two attached hydrogens (primary N) is 1. The number of rotatable bonds is 9. The highest BCUT2D eigenvalue weighted by molar-refractivity contribution is 6.06. The quantitative estimate of drug-likeness (QED) is 0.250. The van der Waals surface area contributed by atoms with Gasteiger partial charge in [0.05, 0.1) is 11.0 Å². The maximum Gasteiger partial charge on any atom is 0.152 e. The summed E-state index contributed by atoms with van der Waals surface area (Å²) in [6.07, 6.45) is 10.5. The van der Waals surface area contributed by atoms with E-state index in [0.29, 0.717) is 11.7 Å². The molecule has 0 saturated carbocycles. The van der Waals surface area contributed by atoms with Crippen molar-refractivity contribution in [3.63, 3.8) is 0 Å². The highest BCUT2D eigenvalue weighted by Crippen LogP contribution is 2.30. The van der Waals surface area contributed by atoms with E-state index in [-0.39, 0.29) is 0 Å². The monoisotopic (exact) mass is 483 g/mol. The Morgan fingerprint density at radius 3 is 2.44 bits per heavy atom. The molecule has 2 aromatic heterocycles. The molecule has 0 bridgehead atoms. The van der Waals surface area contributed by atoms with Gasteiger partial charge < -0.3 is 15.2 Å². The number of hydrogen-bond acceptors (Lipinski definition) is 4. The predicted octanol–water partition coefficient (Wildman–Crippen LogP) is 7.51. The number of unbranched alkanes of at least 4 members (excludes halogenated alkanes) is 1. The van der Waals surface area contributed by atoms with Crippen molar-refractivity contribution in [2.75, 3.05) is 24.7 Å². The van der Waals surface area contributed by atoms with E-state index in [4.69, 9.17) is 10.7 Å². The van der Waals surface area contributed by atoms with Gasteiger partial charge in [0.1, 0.15) is 11.3 Å². The molecule has 2 N–H and O–H groups in total. The van der Waals surface area contributed by atoms with Crippen LogP contribution in [0, 0.1) is 5.92 Å². The Balaban J connectivity index is 0.00000115. The third-order valence-corrected chi connectivity index (χ3v) is 6.28. The molecule has 1 atom stereocenters. The Hall–Kier alpha value is -3.60. The van der Waals surface area contributed by atoms with Crippen LogP contribution in [0.4, 0.5) is 11.5 Å². The lowest BCUT2D eigenvalue weighted by atomic mass is 10.1. The van der Waals surface area contributed by atoms with Crippen molar-refractivity contribution in [3.05, 3.63) is 78.6 Å². The molecular formula is C31H41N5. The Kier molecular flexibility index (Phi) is 9.69. The summed E-state index contributed by atoms with van der Waals surface area (Å²) in [4.78, 5) is 11.7. The second-order valence-corrected chi connectivity index (χ2v) is 9.51. The summed E-state index contributed by atoms with van der Waals surface area (Å²) in [5.74, 6) is 2.09. The number of anilines is 2. The molecule has 2 heterocycles. The number of nitrogen functional groups attached to an aromatic ring is 1. The summed E-state index contributed by atoms with van der Waals surface area (Å²) in [6.45, 7) is 10.7. The Bertz CT molecular complexity index is 1300. The summed E-state index contributed by atoms with van der Waals surface area (Å²) in [5.41, 5.74) is 11.7. The van der Waals surface area contributed by atoms with E-state index < -0.39 is 0 Å². The van der Waals surface area contributed by atoms with Crippen LogP contribution in [-0.4, -0.2) is 28.6 Å². The molecule has 0 amide bonds. The molecule has 0 aliphatic rings. The molecule has 0 spiro atoms. The molecule has 4 rings (SSSR count). The van der Waals surface area contributed by atoms with Gasteiger partial charge in [0.25, 0.3) is 0 Å². The Morgan fingerprint density at radius 2 is 1.78 bits per heavy atom. The van der Waals surface area contributed by atoms with Crippen LogP contribution in [0.1, 0.15) is 51.4 Å². The van der Waals surface area contributed by atoms with Gasteiger partial charge in [-0.25, -0.2) is 9.97 Å². The summed E-state index contributed by atoms with van der Waals surface area (Å²) in [6, 6.07) is 16.9. The molecule has 1 unspecified atom stereocenters. The topological polar surface area (TPSA) is 60.0 Å². The molecule has 0 fully saturated rings. The second-order valence-electron chi connectivity index (χ2n) is 9.51. The molecule has 190 valence electrons. The van der Waals surface area contributed by atoms with Crippen LogP contribution in [0.25, 0.3) is 28.0 Å². The third kappa shape index (κ3) is 6.54. The van der Waals surface area contributed by atoms with Gasteiger partial charge in [-0.3, -0.25) is 0 Å². The third-order valence-electron chi connectivity index (χ3n) is 6.28. The molecule has 0 aliphatic heterocycles. The van der Waals surface area contributed by atoms with Crippen LogP contribution >= 0.6 is 0 Å². The maximum atomic E-state index is 6.33. The zero-order valence-corrected chi connectivity index (χ0v) is 22.5. The lowest BCUT2D eigenvalue weighted by Gasteiger charge is -2.13. The molecule has 0 radical (unpaired) electrons. The number of nitrogens with zero attached hydrogens (tertiary/aromatic N) is 4. The molecule has 5 heteroatoms. The lowest BCUT2D eigenvalue weighted by molar-refractivity contribution is 0.545. The number of para-hydroxylation sites is 1. The fourth-order valence-corrected chi connectivity index (χ4v) is 4.26. The highest BCUT2D eigenvalue weighted by Gasteiger charge is 2.17. The molecular weight excluding hydrogens is 442 g/mol. The SMILES string of the molecule is C=CC.CCCCc1nc2c(N)nc3ccccc3c2n1CCC(C)/C=C/c1ccc(N(C)C)cc1. The first kappa shape index (κ1) is 27.0. The standard InChI is InChI=1S/C28H35N5.C3H6/c1-5-6-11-25-31-26-27(23-9-7-8-10-24(23)30-28(26)29)33(25)19-18-20(2)12-13-21-14-16-22(17-15-21)32(3)4;1-3-2/h7-10,12-17,20H,5-6,11,18-19H2,1-4H3,(H2,29,30);3H,1H2,2H3/b13-12+;. The predicted molar refractivity (Wildman–Crippen MR) is 158 cm³/mol. The van der Waals surface area contributed by atoms with Crippen molar-refractivity contribution in [2.24, 2.45) is 5.92 Å². The van der Waals surface area contributed by atoms with Gasteiger partial charge in [-0.15, -0.1) is 6.58 Å². The summed E-state index contributed by atoms with van der Waals surface area (Å²) in [5, 5.41) is 1.13. The molecule has 0 saturated heterocycles. The zero-order chi connectivity index (χ0) is 26.1. The van der Waals surface area contributed by atoms with E-state index >= 15 is 0 Å². The first-order chi connectivity index (χ1) is 17.4. The smallest absolute Gasteiger partial charge is 0.152 e. The van der Waals surface area contributed by atoms with Crippen LogP contribution in [0.2, 0.25) is 0 Å². The van der Waals surface area contributed by atoms with Gasteiger partial charge in [0.2, 0.25) is 0 Å². The minimum atomic E-state index is 0.445. The largest absolute Gasteiger partial charge is 0.382 e. The summed E-state index contributed by atoms with van der Waals surface area (Å²) >= 11 is 0. The van der Waals surface area contributed by atoms with Crippen LogP contribution in [0.15, 0.2) is 67.3 Å². The van der Waals surface area contributed by atoms with Gasteiger partial charge in [-0.1, -0.05) is 68.8 Å². The van der Waals surface area contributed by atoms with Crippen molar-refractivity contribution >= 4 is 39.5 Å². The van der Waals surface area contributed by atoms with Crippen molar-refractivity contribution in [3.8, 4) is 0 Å². The average molecular weight is 484 g/mol. The number of allylic oxidation sites excluding steroid dienone is 2. The van der Waals surface area contributed by atoms with Crippen LogP contribution in [0.3, 0.4) is 0 Å². The number of fused-ring (bicyclic) bond motifs is 3. The molecule has 0 aliphatic carbocycles. The van der Waals surface area contributed by atoms with E-state index in [9.17, 15) is 0 Å². The Labute approximate surface area is 216 Å². The number of aryl methyl sites for hydroxylation is 2. The normalized spacial score (nSPS) is 12.0. The molecule has 5 nitrogen and oxygen atoms in total. The Morgan fingerprint density at radius 1 is 1.08 bits per heavy atom. The van der Waals surface area contributed by atoms with Gasteiger partial charge in [-0.2, -0.15) is 0 Å². The summed E-state index contributed by atoms with van der Waals surface area (Å²) < 4.78 is 2.39. The van der Waals surface area contributed by atoms with Crippen molar-refractivity contribution < 1.29 is 0 Å². The lowest BCUT2D eigenvalue weighted by Crippen LogP contribution is -2.08. The highest BCUT2D eigenvalue weighted by atomic mass is 15.1. The van der Waals surface area contributed by atoms with E-state index in [2.05, 4.69) is 97.5 Å². The van der Waals surface area contributed by atoms with Crippen molar-refractivity contribution in [2.45, 2.75) is 53.0 Å². The number of aromatic nitrogens is 3. The fourth-order valence-electron chi connectivity index (χ4n) is 4.26. The van der Waals surface area contributed by atoms with Crippen LogP contribution < -0.4 is 10.6 Å². The van der Waals surface area contributed by atoms with Crippen molar-refractivity contribution in [1.29, 1.82) is 0 Å². The number of imidazole rings is 1. The van der Waals surface area contributed by atoms with Crippen LogP contribution in [0.5, 0.6) is 0 Å². The van der Waals surface area contributed by atoms with Crippen molar-refractivity contribution in [1.82, 2.24) is 14.5 Å². The van der Waals surface area contributed by atoms with Crippen LogP contribution in [-0.2, 0) is 13.0 Å². The average Bonchev–Trinajstić information content (AvgIpc) is 3.25. The molecule has 4 aromatic rings. The number of hydrogen-bond donors (Lipinski definition) is 1. The van der Waals surface area contributed by atoms with E-state index in [1.165, 1.54) is 11.3 Å². The van der Waals surface area contributed by atoms with E-state index in [1.54, 1.807) is 6.08 Å². The zero-order valence-electron chi connectivity index (χ0n) is 22.5. The van der Waals surface area contributed by atoms with E-state index in [0.717, 1.165) is 60.0 Å².